The molecule has 1 aliphatic heterocycles. The average molecular weight is 661 g/mol. The number of fused-ring (bicyclic) bond motifs is 1. The number of imidazole rings is 1. The van der Waals surface area contributed by atoms with Gasteiger partial charge in [-0.2, -0.15) is 0 Å². The molecule has 13 heteroatoms. The third-order valence-electron chi connectivity index (χ3n) is 7.70. The molecule has 234 valence electrons. The highest BCUT2D eigenvalue weighted by atomic mass is 35.5. The van der Waals surface area contributed by atoms with E-state index in [4.69, 9.17) is 37.4 Å². The number of esters is 2. The van der Waals surface area contributed by atoms with Crippen LogP contribution in [0.5, 0.6) is 0 Å². The first-order chi connectivity index (χ1) is 22.1. The lowest BCUT2D eigenvalue weighted by atomic mass is 9.80. The van der Waals surface area contributed by atoms with Crippen LogP contribution in [0.15, 0.2) is 85.5 Å². The number of hydrogen-bond acceptors (Lipinski definition) is 9. The zero-order chi connectivity index (χ0) is 32.5. The van der Waals surface area contributed by atoms with Gasteiger partial charge in [0.15, 0.2) is 29.2 Å². The van der Waals surface area contributed by atoms with Crippen molar-refractivity contribution in [3.05, 3.63) is 112 Å². The molecule has 5 aromatic rings. The number of nitrogens with zero attached hydrogens (tertiary/aromatic N) is 4. The van der Waals surface area contributed by atoms with Crippen molar-refractivity contribution in [2.45, 2.75) is 44.3 Å². The van der Waals surface area contributed by atoms with Gasteiger partial charge in [-0.3, -0.25) is 14.2 Å². The number of ether oxygens (including phenoxy) is 3. The van der Waals surface area contributed by atoms with Crippen molar-refractivity contribution in [2.75, 3.05) is 0 Å². The molecule has 0 radical (unpaired) electrons. The van der Waals surface area contributed by atoms with E-state index in [1.54, 1.807) is 36.4 Å². The lowest BCUT2D eigenvalue weighted by Crippen LogP contribution is -2.41. The van der Waals surface area contributed by atoms with Crippen LogP contribution in [0.25, 0.3) is 22.3 Å². The summed E-state index contributed by atoms with van der Waals surface area (Å²) in [6, 6.07) is 21.3. The summed E-state index contributed by atoms with van der Waals surface area (Å²) in [7, 11) is 0. The number of aromatic carboxylic acids is 1. The van der Waals surface area contributed by atoms with Gasteiger partial charge in [-0.25, -0.2) is 19.7 Å². The van der Waals surface area contributed by atoms with Gasteiger partial charge >= 0.3 is 17.9 Å². The van der Waals surface area contributed by atoms with Gasteiger partial charge in [-0.1, -0.05) is 71.7 Å². The fourth-order valence-corrected chi connectivity index (χ4v) is 6.15. The molecule has 11 nitrogen and oxygen atoms in total. The average Bonchev–Trinajstić information content (AvgIpc) is 3.60. The molecule has 1 N–H and O–H groups in total. The SMILES string of the molecule is CC(=O)O[C@@H]1[C@H](OC(C)=O)[C@@H](C(c2ccc(Cl)cc2)c2cc(-c3ccccc3)ccc2C(=O)O)O[C@@H]1n1cnc2c(Cl)ncnc21. The van der Waals surface area contributed by atoms with Crippen molar-refractivity contribution in [1.29, 1.82) is 0 Å². The normalized spacial score (nSPS) is 19.9. The van der Waals surface area contributed by atoms with Gasteiger partial charge in [-0.15, -0.1) is 0 Å². The van der Waals surface area contributed by atoms with Gasteiger partial charge in [0, 0.05) is 24.8 Å². The Labute approximate surface area is 272 Å². The molecule has 1 saturated heterocycles. The standard InChI is InChI=1S/C33H26Cl2N4O7/c1-17(40)44-28-27(46-32(29(28)45-18(2)41)39-16-38-26-30(35)36-15-37-31(26)39)25(20-8-11-22(34)12-9-20)24-14-21(10-13-23(24)33(42)43)19-6-4-3-5-7-19/h3-16,25,27-29,32H,1-2H3,(H,42,43)/t25?,27-,28-,29-,32+/m1/s1. The highest BCUT2D eigenvalue weighted by Gasteiger charge is 2.54. The minimum absolute atomic E-state index is 0.00453. The van der Waals surface area contributed by atoms with Gasteiger partial charge in [0.1, 0.15) is 17.9 Å². The first kappa shape index (κ1) is 31.2. The number of carbonyl (C=O) groups is 3. The van der Waals surface area contributed by atoms with Crippen molar-refractivity contribution in [3.63, 3.8) is 0 Å². The zero-order valence-electron chi connectivity index (χ0n) is 24.4. The first-order valence-electron chi connectivity index (χ1n) is 14.1. The Hall–Kier alpha value is -4.84. The number of aromatic nitrogens is 4. The molecular formula is C33H26Cl2N4O7. The van der Waals surface area contributed by atoms with Gasteiger partial charge < -0.3 is 19.3 Å². The van der Waals surface area contributed by atoms with Gasteiger partial charge in [-0.05, 0) is 46.5 Å². The largest absolute Gasteiger partial charge is 0.478 e. The van der Waals surface area contributed by atoms with Gasteiger partial charge in [0.2, 0.25) is 0 Å². The Kier molecular flexibility index (Phi) is 8.72. The summed E-state index contributed by atoms with van der Waals surface area (Å²) in [5.41, 5.74) is 3.16. The van der Waals surface area contributed by atoms with Crippen LogP contribution >= 0.6 is 23.2 Å². The van der Waals surface area contributed by atoms with E-state index in [2.05, 4.69) is 15.0 Å². The van der Waals surface area contributed by atoms with Gasteiger partial charge in [0.05, 0.1) is 11.9 Å². The molecule has 3 heterocycles. The number of carboxylic acid groups (broad SMARTS) is 1. The second kappa shape index (κ2) is 12.9. The minimum atomic E-state index is -1.20. The molecule has 0 aliphatic carbocycles. The Morgan fingerprint density at radius 3 is 2.24 bits per heavy atom. The summed E-state index contributed by atoms with van der Waals surface area (Å²) in [6.45, 7) is 2.45. The lowest BCUT2D eigenvalue weighted by molar-refractivity contribution is -0.165. The molecule has 0 saturated carbocycles. The van der Waals surface area contributed by atoms with Crippen LogP contribution < -0.4 is 0 Å². The molecule has 6 rings (SSSR count). The van der Waals surface area contributed by atoms with Crippen molar-refractivity contribution in [1.82, 2.24) is 19.5 Å². The highest BCUT2D eigenvalue weighted by Crippen LogP contribution is 2.45. The quantitative estimate of drug-likeness (QED) is 0.153. The summed E-state index contributed by atoms with van der Waals surface area (Å²) < 4.78 is 19.9. The first-order valence-corrected chi connectivity index (χ1v) is 14.9. The number of halogens is 2. The van der Waals surface area contributed by atoms with Crippen LogP contribution in [0.1, 0.15) is 47.5 Å². The van der Waals surface area contributed by atoms with E-state index in [-0.39, 0.29) is 21.9 Å². The molecule has 1 fully saturated rings. The monoisotopic (exact) mass is 660 g/mol. The maximum atomic E-state index is 12.7. The Morgan fingerprint density at radius 1 is 0.870 bits per heavy atom. The number of carboxylic acids is 1. The van der Waals surface area contributed by atoms with Crippen LogP contribution in [-0.4, -0.2) is 60.8 Å². The molecule has 5 atom stereocenters. The number of carbonyl (C=O) groups excluding carboxylic acids is 2. The molecule has 1 aliphatic rings. The van der Waals surface area contributed by atoms with E-state index in [1.807, 2.05) is 30.3 Å². The molecular weight excluding hydrogens is 635 g/mol. The van der Waals surface area contributed by atoms with E-state index in [0.29, 0.717) is 16.1 Å². The summed E-state index contributed by atoms with van der Waals surface area (Å²) in [6.07, 6.45) is -1.94. The molecule has 0 amide bonds. The predicted molar refractivity (Wildman–Crippen MR) is 167 cm³/mol. The van der Waals surface area contributed by atoms with E-state index in [1.165, 1.54) is 37.1 Å². The van der Waals surface area contributed by atoms with Crippen molar-refractivity contribution in [3.8, 4) is 11.1 Å². The third-order valence-corrected chi connectivity index (χ3v) is 8.23. The van der Waals surface area contributed by atoms with Crippen LogP contribution in [-0.2, 0) is 23.8 Å². The number of hydrogen-bond donors (Lipinski definition) is 1. The molecule has 3 aromatic carbocycles. The summed E-state index contributed by atoms with van der Waals surface area (Å²) in [5, 5.41) is 10.9. The molecule has 0 bridgehead atoms. The second-order valence-electron chi connectivity index (χ2n) is 10.6. The topological polar surface area (TPSA) is 143 Å². The summed E-state index contributed by atoms with van der Waals surface area (Å²) >= 11 is 12.5. The second-order valence-corrected chi connectivity index (χ2v) is 11.4. The maximum Gasteiger partial charge on any atom is 0.335 e. The van der Waals surface area contributed by atoms with Crippen molar-refractivity contribution < 1.29 is 33.7 Å². The van der Waals surface area contributed by atoms with E-state index in [0.717, 1.165) is 11.1 Å². The fraction of sp³-hybridized carbons (Fsp3) is 0.212. The lowest BCUT2D eigenvalue weighted by Gasteiger charge is -2.30. The number of benzene rings is 3. The highest BCUT2D eigenvalue weighted by molar-refractivity contribution is 6.33. The van der Waals surface area contributed by atoms with E-state index in [9.17, 15) is 19.5 Å². The zero-order valence-corrected chi connectivity index (χ0v) is 25.9. The van der Waals surface area contributed by atoms with Crippen LogP contribution in [0.4, 0.5) is 0 Å². The Balaban J connectivity index is 1.58. The molecule has 2 aromatic heterocycles. The molecule has 46 heavy (non-hydrogen) atoms. The minimum Gasteiger partial charge on any atom is -0.478 e. The van der Waals surface area contributed by atoms with E-state index >= 15 is 0 Å². The molecule has 1 unspecified atom stereocenters. The third kappa shape index (κ3) is 6.04. The maximum absolute atomic E-state index is 12.7. The van der Waals surface area contributed by atoms with Crippen LogP contribution in [0.3, 0.4) is 0 Å². The Bertz CT molecular complexity index is 1930. The van der Waals surface area contributed by atoms with E-state index < -0.39 is 48.4 Å². The summed E-state index contributed by atoms with van der Waals surface area (Å²) in [5.74, 6) is -3.36. The van der Waals surface area contributed by atoms with Gasteiger partial charge in [0.25, 0.3) is 0 Å². The summed E-state index contributed by atoms with van der Waals surface area (Å²) in [4.78, 5) is 50.4. The van der Waals surface area contributed by atoms with Crippen molar-refractivity contribution >= 4 is 52.3 Å². The fourth-order valence-electron chi connectivity index (χ4n) is 5.85. The smallest absolute Gasteiger partial charge is 0.335 e. The number of rotatable bonds is 8. The Morgan fingerprint density at radius 2 is 1.57 bits per heavy atom. The van der Waals surface area contributed by atoms with Crippen molar-refractivity contribution in [2.24, 2.45) is 0 Å². The molecule has 0 spiro atoms. The predicted octanol–water partition coefficient (Wildman–Crippen LogP) is 6.09. The van der Waals surface area contributed by atoms with Crippen LogP contribution in [0, 0.1) is 0 Å². The van der Waals surface area contributed by atoms with Crippen LogP contribution in [0.2, 0.25) is 10.2 Å².